The van der Waals surface area contributed by atoms with Gasteiger partial charge in [0.15, 0.2) is 0 Å². The van der Waals surface area contributed by atoms with Crippen LogP contribution in [0.5, 0.6) is 5.75 Å². The molecule has 0 unspecified atom stereocenters. The zero-order chi connectivity index (χ0) is 17.6. The molecule has 4 nitrogen and oxygen atoms in total. The van der Waals surface area contributed by atoms with Gasteiger partial charge in [-0.2, -0.15) is 0 Å². The van der Waals surface area contributed by atoms with Gasteiger partial charge in [0.25, 0.3) is 5.91 Å². The van der Waals surface area contributed by atoms with Crippen LogP contribution >= 0.6 is 11.3 Å². The molecule has 3 aromatic rings. The first-order valence-corrected chi connectivity index (χ1v) is 8.99. The first-order valence-electron chi connectivity index (χ1n) is 8.11. The number of thiophene rings is 1. The lowest BCUT2D eigenvalue weighted by Gasteiger charge is -2.09. The van der Waals surface area contributed by atoms with Crippen molar-refractivity contribution in [1.82, 2.24) is 5.32 Å². The van der Waals surface area contributed by atoms with Gasteiger partial charge in [0.1, 0.15) is 5.75 Å². The summed E-state index contributed by atoms with van der Waals surface area (Å²) >= 11 is 1.38. The standard InChI is InChI=1S/C20H20N2O2S/c1-2-24-16-10-8-15(9-11-16)17-13-25-19(21)18(17)20(23)22-12-14-6-4-3-5-7-14/h3-11,13H,2,12,21H2,1H3,(H,22,23). The highest BCUT2D eigenvalue weighted by molar-refractivity contribution is 7.15. The van der Waals surface area contributed by atoms with Crippen molar-refractivity contribution in [3.05, 3.63) is 71.1 Å². The van der Waals surface area contributed by atoms with E-state index in [1.54, 1.807) is 0 Å². The summed E-state index contributed by atoms with van der Waals surface area (Å²) in [5.74, 6) is 0.649. The minimum atomic E-state index is -0.161. The van der Waals surface area contributed by atoms with Crippen LogP contribution in [0.1, 0.15) is 22.8 Å². The zero-order valence-corrected chi connectivity index (χ0v) is 14.8. The van der Waals surface area contributed by atoms with Crippen molar-refractivity contribution in [2.75, 3.05) is 12.3 Å². The summed E-state index contributed by atoms with van der Waals surface area (Å²) in [5.41, 5.74) is 9.43. The van der Waals surface area contributed by atoms with E-state index in [9.17, 15) is 4.79 Å². The molecule has 2 aromatic carbocycles. The number of benzene rings is 2. The molecule has 0 bridgehead atoms. The van der Waals surface area contributed by atoms with E-state index >= 15 is 0 Å². The average molecular weight is 352 g/mol. The molecule has 1 aromatic heterocycles. The van der Waals surface area contributed by atoms with Gasteiger partial charge in [-0.1, -0.05) is 42.5 Å². The number of carbonyl (C=O) groups is 1. The summed E-state index contributed by atoms with van der Waals surface area (Å²) in [5, 5.41) is 5.39. The Kier molecular flexibility index (Phi) is 5.36. The van der Waals surface area contributed by atoms with E-state index in [1.165, 1.54) is 11.3 Å². The maximum atomic E-state index is 12.7. The summed E-state index contributed by atoms with van der Waals surface area (Å²) in [6.45, 7) is 3.04. The van der Waals surface area contributed by atoms with Gasteiger partial charge in [0.2, 0.25) is 0 Å². The Balaban J connectivity index is 1.80. The average Bonchev–Trinajstić information content (AvgIpc) is 3.03. The highest BCUT2D eigenvalue weighted by Crippen LogP contribution is 2.34. The second kappa shape index (κ2) is 7.85. The van der Waals surface area contributed by atoms with Crippen LogP contribution in [-0.4, -0.2) is 12.5 Å². The van der Waals surface area contributed by atoms with Gasteiger partial charge in [-0.15, -0.1) is 11.3 Å². The summed E-state index contributed by atoms with van der Waals surface area (Å²) in [4.78, 5) is 12.7. The van der Waals surface area contributed by atoms with Crippen molar-refractivity contribution in [2.45, 2.75) is 13.5 Å². The van der Waals surface area contributed by atoms with Crippen LogP contribution in [0, 0.1) is 0 Å². The highest BCUT2D eigenvalue weighted by Gasteiger charge is 2.18. The molecule has 0 saturated heterocycles. The van der Waals surface area contributed by atoms with Gasteiger partial charge in [-0.25, -0.2) is 0 Å². The summed E-state index contributed by atoms with van der Waals surface area (Å²) < 4.78 is 5.47. The van der Waals surface area contributed by atoms with E-state index in [0.717, 1.165) is 22.4 Å². The van der Waals surface area contributed by atoms with Gasteiger partial charge in [0.05, 0.1) is 17.2 Å². The first-order chi connectivity index (χ1) is 12.2. The summed E-state index contributed by atoms with van der Waals surface area (Å²) in [6, 6.07) is 17.5. The lowest BCUT2D eigenvalue weighted by molar-refractivity contribution is 0.0953. The van der Waals surface area contributed by atoms with Crippen molar-refractivity contribution in [3.63, 3.8) is 0 Å². The number of carbonyl (C=O) groups excluding carboxylic acids is 1. The Morgan fingerprint density at radius 2 is 1.84 bits per heavy atom. The van der Waals surface area contributed by atoms with Crippen LogP contribution in [0.4, 0.5) is 5.00 Å². The number of amides is 1. The van der Waals surface area contributed by atoms with E-state index < -0.39 is 0 Å². The molecule has 0 aliphatic rings. The Morgan fingerprint density at radius 3 is 2.52 bits per heavy atom. The van der Waals surface area contributed by atoms with E-state index in [1.807, 2.05) is 66.9 Å². The quantitative estimate of drug-likeness (QED) is 0.694. The van der Waals surface area contributed by atoms with Crippen LogP contribution in [0.3, 0.4) is 0 Å². The second-order valence-corrected chi connectivity index (χ2v) is 6.43. The maximum absolute atomic E-state index is 12.7. The molecule has 25 heavy (non-hydrogen) atoms. The lowest BCUT2D eigenvalue weighted by atomic mass is 10.0. The van der Waals surface area contributed by atoms with E-state index in [4.69, 9.17) is 10.5 Å². The number of hydrogen-bond donors (Lipinski definition) is 2. The van der Waals surface area contributed by atoms with E-state index in [0.29, 0.717) is 23.7 Å². The third kappa shape index (κ3) is 4.00. The molecule has 3 rings (SSSR count). The van der Waals surface area contributed by atoms with Crippen molar-refractivity contribution >= 4 is 22.2 Å². The number of rotatable bonds is 6. The Morgan fingerprint density at radius 1 is 1.12 bits per heavy atom. The summed E-state index contributed by atoms with van der Waals surface area (Å²) in [6.07, 6.45) is 0. The molecule has 3 N–H and O–H groups in total. The fraction of sp³-hybridized carbons (Fsp3) is 0.150. The SMILES string of the molecule is CCOc1ccc(-c2csc(N)c2C(=O)NCc2ccccc2)cc1. The number of anilines is 1. The molecule has 0 aliphatic heterocycles. The molecule has 0 aliphatic carbocycles. The number of nitrogens with one attached hydrogen (secondary N) is 1. The monoisotopic (exact) mass is 352 g/mol. The lowest BCUT2D eigenvalue weighted by Crippen LogP contribution is -2.23. The molecule has 0 saturated carbocycles. The van der Waals surface area contributed by atoms with Crippen LogP contribution in [0.15, 0.2) is 60.0 Å². The van der Waals surface area contributed by atoms with E-state index in [-0.39, 0.29) is 5.91 Å². The third-order valence-corrected chi connectivity index (χ3v) is 4.63. The molecule has 0 radical (unpaired) electrons. The predicted octanol–water partition coefficient (Wildman–Crippen LogP) is 4.33. The molecule has 0 spiro atoms. The van der Waals surface area contributed by atoms with Crippen molar-refractivity contribution < 1.29 is 9.53 Å². The molecule has 0 fully saturated rings. The van der Waals surface area contributed by atoms with Crippen LogP contribution < -0.4 is 15.8 Å². The Labute approximate surface area is 151 Å². The van der Waals surface area contributed by atoms with Gasteiger partial charge in [-0.05, 0) is 30.2 Å². The largest absolute Gasteiger partial charge is 0.494 e. The smallest absolute Gasteiger partial charge is 0.255 e. The number of nitrogen functional groups attached to an aromatic ring is 1. The van der Waals surface area contributed by atoms with Gasteiger partial charge in [-0.3, -0.25) is 4.79 Å². The Bertz CT molecular complexity index is 842. The van der Waals surface area contributed by atoms with Gasteiger partial charge >= 0.3 is 0 Å². The molecule has 1 heterocycles. The fourth-order valence-electron chi connectivity index (χ4n) is 2.58. The van der Waals surface area contributed by atoms with Crippen molar-refractivity contribution in [3.8, 4) is 16.9 Å². The van der Waals surface area contributed by atoms with Crippen LogP contribution in [-0.2, 0) is 6.54 Å². The number of hydrogen-bond acceptors (Lipinski definition) is 4. The normalized spacial score (nSPS) is 10.4. The summed E-state index contributed by atoms with van der Waals surface area (Å²) in [7, 11) is 0. The molecular formula is C20H20N2O2S. The number of ether oxygens (including phenoxy) is 1. The highest BCUT2D eigenvalue weighted by atomic mass is 32.1. The predicted molar refractivity (Wildman–Crippen MR) is 103 cm³/mol. The molecule has 0 atom stereocenters. The first kappa shape index (κ1) is 17.0. The van der Waals surface area contributed by atoms with Crippen LogP contribution in [0.2, 0.25) is 0 Å². The fourth-order valence-corrected chi connectivity index (χ4v) is 3.40. The second-order valence-electron chi connectivity index (χ2n) is 5.51. The molecule has 128 valence electrons. The molecular weight excluding hydrogens is 332 g/mol. The van der Waals surface area contributed by atoms with Crippen molar-refractivity contribution in [2.24, 2.45) is 0 Å². The van der Waals surface area contributed by atoms with Crippen molar-refractivity contribution in [1.29, 1.82) is 0 Å². The maximum Gasteiger partial charge on any atom is 0.255 e. The Hall–Kier alpha value is -2.79. The van der Waals surface area contributed by atoms with Gasteiger partial charge in [0, 0.05) is 17.5 Å². The topological polar surface area (TPSA) is 64.3 Å². The molecule has 5 heteroatoms. The minimum Gasteiger partial charge on any atom is -0.494 e. The van der Waals surface area contributed by atoms with Crippen LogP contribution in [0.25, 0.3) is 11.1 Å². The number of nitrogens with two attached hydrogens (primary N) is 1. The molecule has 1 amide bonds. The van der Waals surface area contributed by atoms with Gasteiger partial charge < -0.3 is 15.8 Å². The third-order valence-electron chi connectivity index (χ3n) is 3.82. The van der Waals surface area contributed by atoms with E-state index in [2.05, 4.69) is 5.32 Å². The minimum absolute atomic E-state index is 0.161. The zero-order valence-electron chi connectivity index (χ0n) is 14.0.